The van der Waals surface area contributed by atoms with Crippen LogP contribution in [0.25, 0.3) is 0 Å². The first-order chi connectivity index (χ1) is 10.6. The number of nitrogens with zero attached hydrogens (tertiary/aromatic N) is 2. The van der Waals surface area contributed by atoms with E-state index in [2.05, 4.69) is 15.5 Å². The van der Waals surface area contributed by atoms with Crippen molar-refractivity contribution in [2.75, 3.05) is 6.54 Å². The summed E-state index contributed by atoms with van der Waals surface area (Å²) in [7, 11) is 0. The number of carbonyl (C=O) groups is 2. The minimum atomic E-state index is -0.0705. The lowest BCUT2D eigenvalue weighted by Gasteiger charge is -2.01. The molecular weight excluding hydrogens is 302 g/mol. The van der Waals surface area contributed by atoms with E-state index < -0.39 is 0 Å². The monoisotopic (exact) mass is 319 g/mol. The van der Waals surface area contributed by atoms with Crippen molar-refractivity contribution in [2.24, 2.45) is 0 Å². The summed E-state index contributed by atoms with van der Waals surface area (Å²) in [6, 6.07) is 1.77. The minimum Gasteiger partial charge on any atom is -0.355 e. The second-order valence-corrected chi connectivity index (χ2v) is 6.39. The van der Waals surface area contributed by atoms with Crippen LogP contribution in [0.5, 0.6) is 0 Å². The third-order valence-corrected chi connectivity index (χ3v) is 4.53. The van der Waals surface area contributed by atoms with Crippen LogP contribution in [0.2, 0.25) is 0 Å². The average molecular weight is 319 g/mol. The van der Waals surface area contributed by atoms with Gasteiger partial charge in [-0.05, 0) is 36.8 Å². The van der Waals surface area contributed by atoms with E-state index in [1.54, 1.807) is 6.07 Å². The zero-order chi connectivity index (χ0) is 15.5. The normalized spacial score (nSPS) is 14.0. The zero-order valence-corrected chi connectivity index (χ0v) is 13.1. The van der Waals surface area contributed by atoms with E-state index in [9.17, 15) is 9.59 Å². The Morgan fingerprint density at radius 3 is 2.95 bits per heavy atom. The smallest absolute Gasteiger partial charge is 0.229 e. The van der Waals surface area contributed by atoms with Crippen LogP contribution < -0.4 is 5.32 Å². The molecule has 1 amide bonds. The second-order valence-electron chi connectivity index (χ2n) is 5.48. The number of Topliss-reactive ketones (excluding diaryl/α,β-unsaturated/α-hetero) is 1. The molecule has 2 aromatic rings. The molecule has 0 aromatic carbocycles. The Morgan fingerprint density at radius 1 is 1.45 bits per heavy atom. The molecule has 2 aromatic heterocycles. The van der Waals surface area contributed by atoms with Crippen molar-refractivity contribution in [3.63, 3.8) is 0 Å². The molecule has 7 heteroatoms. The van der Waals surface area contributed by atoms with Gasteiger partial charge in [-0.2, -0.15) is 4.98 Å². The molecule has 1 aliphatic carbocycles. The number of amides is 1. The lowest BCUT2D eigenvalue weighted by molar-refractivity contribution is -0.120. The predicted octanol–water partition coefficient (Wildman–Crippen LogP) is 2.11. The number of hydrogen-bond donors (Lipinski definition) is 1. The molecule has 0 spiro atoms. The van der Waals surface area contributed by atoms with E-state index >= 15 is 0 Å². The van der Waals surface area contributed by atoms with E-state index in [1.807, 2.05) is 5.38 Å². The van der Waals surface area contributed by atoms with Crippen LogP contribution in [0.1, 0.15) is 52.6 Å². The lowest BCUT2D eigenvalue weighted by Crippen LogP contribution is -2.27. The summed E-state index contributed by atoms with van der Waals surface area (Å²) in [6.45, 7) is 2.00. The third-order valence-electron chi connectivity index (χ3n) is 3.45. The Hall–Kier alpha value is -2.02. The molecule has 1 fully saturated rings. The summed E-state index contributed by atoms with van der Waals surface area (Å²) < 4.78 is 5.16. The SMILES string of the molecule is CC(=O)c1cc(CC(=O)NCCc2noc(C3CC3)n2)cs1. The van der Waals surface area contributed by atoms with Gasteiger partial charge in [0.2, 0.25) is 11.8 Å². The van der Waals surface area contributed by atoms with Crippen molar-refractivity contribution in [2.45, 2.75) is 38.5 Å². The van der Waals surface area contributed by atoms with E-state index in [1.165, 1.54) is 18.3 Å². The lowest BCUT2D eigenvalue weighted by atomic mass is 10.2. The number of aromatic nitrogens is 2. The topological polar surface area (TPSA) is 85.1 Å². The second kappa shape index (κ2) is 6.39. The Kier molecular flexibility index (Phi) is 4.33. The Bertz CT molecular complexity index is 688. The minimum absolute atomic E-state index is 0.0280. The van der Waals surface area contributed by atoms with Crippen molar-refractivity contribution in [1.82, 2.24) is 15.5 Å². The summed E-state index contributed by atoms with van der Waals surface area (Å²) in [5, 5.41) is 8.58. The quantitative estimate of drug-likeness (QED) is 0.790. The number of carbonyl (C=O) groups excluding carboxylic acids is 2. The summed E-state index contributed by atoms with van der Waals surface area (Å²) in [5.41, 5.74) is 0.864. The van der Waals surface area contributed by atoms with Crippen molar-refractivity contribution >= 4 is 23.0 Å². The molecule has 6 nitrogen and oxygen atoms in total. The van der Waals surface area contributed by atoms with E-state index in [0.717, 1.165) is 24.3 Å². The first-order valence-corrected chi connectivity index (χ1v) is 8.17. The zero-order valence-electron chi connectivity index (χ0n) is 12.3. The van der Waals surface area contributed by atoms with Gasteiger partial charge in [0.15, 0.2) is 11.6 Å². The fourth-order valence-corrected chi connectivity index (χ4v) is 2.89. The summed E-state index contributed by atoms with van der Waals surface area (Å²) in [6.07, 6.45) is 3.09. The fourth-order valence-electron chi connectivity index (χ4n) is 2.08. The molecule has 0 radical (unpaired) electrons. The first kappa shape index (κ1) is 14.9. The number of ketones is 1. The number of rotatable bonds is 7. The molecule has 2 heterocycles. The molecule has 0 aliphatic heterocycles. The molecule has 0 bridgehead atoms. The van der Waals surface area contributed by atoms with E-state index in [-0.39, 0.29) is 18.1 Å². The highest BCUT2D eigenvalue weighted by molar-refractivity contribution is 7.12. The maximum absolute atomic E-state index is 11.8. The fraction of sp³-hybridized carbons (Fsp3) is 0.467. The Morgan fingerprint density at radius 2 is 2.27 bits per heavy atom. The van der Waals surface area contributed by atoms with Crippen LogP contribution in [0.3, 0.4) is 0 Å². The van der Waals surface area contributed by atoms with Gasteiger partial charge >= 0.3 is 0 Å². The van der Waals surface area contributed by atoms with E-state index in [4.69, 9.17) is 4.52 Å². The average Bonchev–Trinajstić information content (AvgIpc) is 3.03. The van der Waals surface area contributed by atoms with Gasteiger partial charge in [0, 0.05) is 18.9 Å². The van der Waals surface area contributed by atoms with Crippen LogP contribution in [-0.4, -0.2) is 28.4 Å². The summed E-state index contributed by atoms with van der Waals surface area (Å²) in [4.78, 5) is 28.1. The molecule has 3 rings (SSSR count). The first-order valence-electron chi connectivity index (χ1n) is 7.29. The van der Waals surface area contributed by atoms with Gasteiger partial charge in [-0.3, -0.25) is 9.59 Å². The molecule has 1 saturated carbocycles. The van der Waals surface area contributed by atoms with Crippen molar-refractivity contribution in [1.29, 1.82) is 0 Å². The highest BCUT2D eigenvalue weighted by atomic mass is 32.1. The highest BCUT2D eigenvalue weighted by Crippen LogP contribution is 2.38. The maximum Gasteiger partial charge on any atom is 0.229 e. The number of hydrogen-bond acceptors (Lipinski definition) is 6. The van der Waals surface area contributed by atoms with E-state index in [0.29, 0.717) is 29.6 Å². The van der Waals surface area contributed by atoms with Gasteiger partial charge in [0.05, 0.1) is 11.3 Å². The molecule has 22 heavy (non-hydrogen) atoms. The number of nitrogens with one attached hydrogen (secondary N) is 1. The standard InChI is InChI=1S/C15H17N3O3S/c1-9(19)12-6-10(8-22-12)7-14(20)16-5-4-13-17-15(21-18-13)11-2-3-11/h6,8,11H,2-5,7H2,1H3,(H,16,20). The van der Waals surface area contributed by atoms with Crippen LogP contribution in [0, 0.1) is 0 Å². The Balaban J connectivity index is 1.42. The Labute approximate surface area is 131 Å². The van der Waals surface area contributed by atoms with Crippen molar-refractivity contribution in [3.8, 4) is 0 Å². The van der Waals surface area contributed by atoms with Crippen molar-refractivity contribution in [3.05, 3.63) is 33.6 Å². The van der Waals surface area contributed by atoms with Crippen LogP contribution >= 0.6 is 11.3 Å². The van der Waals surface area contributed by atoms with Gasteiger partial charge < -0.3 is 9.84 Å². The van der Waals surface area contributed by atoms with Gasteiger partial charge in [0.25, 0.3) is 0 Å². The predicted molar refractivity (Wildman–Crippen MR) is 81.0 cm³/mol. The third kappa shape index (κ3) is 3.79. The summed E-state index contributed by atoms with van der Waals surface area (Å²) >= 11 is 1.37. The van der Waals surface area contributed by atoms with Crippen LogP contribution in [-0.2, 0) is 17.6 Å². The molecule has 0 saturated heterocycles. The van der Waals surface area contributed by atoms with Crippen LogP contribution in [0.15, 0.2) is 16.0 Å². The van der Waals surface area contributed by atoms with Crippen LogP contribution in [0.4, 0.5) is 0 Å². The largest absolute Gasteiger partial charge is 0.355 e. The molecule has 1 aliphatic rings. The van der Waals surface area contributed by atoms with Gasteiger partial charge in [0.1, 0.15) is 0 Å². The number of thiophene rings is 1. The summed E-state index contributed by atoms with van der Waals surface area (Å²) in [5.74, 6) is 1.76. The highest BCUT2D eigenvalue weighted by Gasteiger charge is 2.29. The molecule has 0 atom stereocenters. The molecule has 116 valence electrons. The molecule has 1 N–H and O–H groups in total. The molecular formula is C15H17N3O3S. The van der Waals surface area contributed by atoms with Gasteiger partial charge in [-0.1, -0.05) is 5.16 Å². The molecule has 0 unspecified atom stereocenters. The van der Waals surface area contributed by atoms with Crippen molar-refractivity contribution < 1.29 is 14.1 Å². The van der Waals surface area contributed by atoms with Gasteiger partial charge in [-0.15, -0.1) is 11.3 Å². The van der Waals surface area contributed by atoms with Gasteiger partial charge in [-0.25, -0.2) is 0 Å². The maximum atomic E-state index is 11.8.